The van der Waals surface area contributed by atoms with Gasteiger partial charge in [0.2, 0.25) is 0 Å². The second-order valence-corrected chi connectivity index (χ2v) is 9.36. The van der Waals surface area contributed by atoms with Crippen molar-refractivity contribution < 1.29 is 23.1 Å². The van der Waals surface area contributed by atoms with Crippen LogP contribution in [0.3, 0.4) is 0 Å². The summed E-state index contributed by atoms with van der Waals surface area (Å²) in [5.41, 5.74) is 0.433. The Morgan fingerprint density at radius 3 is 2.16 bits per heavy atom. The van der Waals surface area contributed by atoms with E-state index in [1.807, 2.05) is 0 Å². The summed E-state index contributed by atoms with van der Waals surface area (Å²) < 4.78 is 27.9. The van der Waals surface area contributed by atoms with E-state index in [1.54, 1.807) is 30.3 Å². The lowest BCUT2D eigenvalue weighted by Gasteiger charge is -2.29. The van der Waals surface area contributed by atoms with Gasteiger partial charge in [0.15, 0.2) is 0 Å². The monoisotopic (exact) mass is 480 g/mol. The van der Waals surface area contributed by atoms with Crippen LogP contribution >= 0.6 is 23.2 Å². The fraction of sp³-hybridized carbons (Fsp3) is 0.143. The molecule has 0 aliphatic rings. The van der Waals surface area contributed by atoms with Gasteiger partial charge in [-0.1, -0.05) is 47.5 Å². The van der Waals surface area contributed by atoms with Crippen LogP contribution in [0.4, 0.5) is 5.69 Å². The third kappa shape index (κ3) is 4.32. The van der Waals surface area contributed by atoms with Crippen molar-refractivity contribution in [2.24, 2.45) is 0 Å². The van der Waals surface area contributed by atoms with Crippen LogP contribution < -0.4 is 9.62 Å². The zero-order valence-corrected chi connectivity index (χ0v) is 18.8. The summed E-state index contributed by atoms with van der Waals surface area (Å²) in [5, 5.41) is 13.3. The van der Waals surface area contributed by atoms with Gasteiger partial charge in [0, 0.05) is 28.0 Å². The predicted molar refractivity (Wildman–Crippen MR) is 121 cm³/mol. The van der Waals surface area contributed by atoms with E-state index >= 15 is 0 Å². The summed E-state index contributed by atoms with van der Waals surface area (Å²) in [6.45, 7) is 1.26. The minimum absolute atomic E-state index is 0.0915. The maximum absolute atomic E-state index is 13.6. The third-order valence-corrected chi connectivity index (χ3v) is 7.01. The van der Waals surface area contributed by atoms with Crippen molar-refractivity contribution in [2.45, 2.75) is 17.9 Å². The summed E-state index contributed by atoms with van der Waals surface area (Å²) in [6, 6.07) is 11.8. The van der Waals surface area contributed by atoms with Crippen molar-refractivity contribution in [3.8, 4) is 0 Å². The van der Waals surface area contributed by atoms with Gasteiger partial charge in [0.1, 0.15) is 6.04 Å². The zero-order chi connectivity index (χ0) is 22.9. The number of amides is 1. The van der Waals surface area contributed by atoms with Crippen LogP contribution in [0.2, 0.25) is 10.0 Å². The van der Waals surface area contributed by atoms with Gasteiger partial charge < -0.3 is 10.4 Å². The fourth-order valence-electron chi connectivity index (χ4n) is 3.26. The lowest BCUT2D eigenvalue weighted by Crippen LogP contribution is -2.43. The first-order chi connectivity index (χ1) is 14.6. The van der Waals surface area contributed by atoms with Gasteiger partial charge in [0.25, 0.3) is 15.9 Å². The maximum atomic E-state index is 13.6. The van der Waals surface area contributed by atoms with Crippen molar-refractivity contribution in [3.63, 3.8) is 0 Å². The number of fused-ring (bicyclic) bond motifs is 1. The molecule has 7 nitrogen and oxygen atoms in total. The Morgan fingerprint density at radius 1 is 1.00 bits per heavy atom. The average molecular weight is 481 g/mol. The molecule has 31 heavy (non-hydrogen) atoms. The number of hydrogen-bond acceptors (Lipinski definition) is 4. The summed E-state index contributed by atoms with van der Waals surface area (Å²) >= 11 is 12.0. The molecule has 3 aromatic carbocycles. The highest BCUT2D eigenvalue weighted by molar-refractivity contribution is 7.93. The van der Waals surface area contributed by atoms with E-state index in [-0.39, 0.29) is 26.5 Å². The van der Waals surface area contributed by atoms with Gasteiger partial charge >= 0.3 is 5.97 Å². The van der Waals surface area contributed by atoms with Crippen molar-refractivity contribution in [1.29, 1.82) is 0 Å². The molecule has 2 N–H and O–H groups in total. The molecule has 0 radical (unpaired) electrons. The van der Waals surface area contributed by atoms with E-state index in [9.17, 15) is 23.1 Å². The molecule has 0 aliphatic heterocycles. The van der Waals surface area contributed by atoms with Crippen LogP contribution in [-0.4, -0.2) is 38.5 Å². The number of rotatable bonds is 6. The summed E-state index contributed by atoms with van der Waals surface area (Å²) in [6.07, 6.45) is 0. The minimum atomic E-state index is -4.39. The lowest BCUT2D eigenvalue weighted by atomic mass is 10.0. The highest BCUT2D eigenvalue weighted by Crippen LogP contribution is 2.35. The van der Waals surface area contributed by atoms with Crippen LogP contribution in [0.5, 0.6) is 0 Å². The van der Waals surface area contributed by atoms with Crippen LogP contribution in [0.15, 0.2) is 59.5 Å². The van der Waals surface area contributed by atoms with E-state index in [0.29, 0.717) is 16.3 Å². The highest BCUT2D eigenvalue weighted by atomic mass is 35.5. The first kappa shape index (κ1) is 22.9. The van der Waals surface area contributed by atoms with Crippen molar-refractivity contribution in [2.75, 3.05) is 11.4 Å². The number of aliphatic carboxylic acids is 1. The molecule has 1 unspecified atom stereocenters. The zero-order valence-electron chi connectivity index (χ0n) is 16.5. The molecule has 0 saturated heterocycles. The van der Waals surface area contributed by atoms with Crippen LogP contribution in [0.1, 0.15) is 17.3 Å². The number of carboxylic acids is 1. The molecule has 0 spiro atoms. The Balaban J connectivity index is 2.34. The van der Waals surface area contributed by atoms with Gasteiger partial charge in [-0.25, -0.2) is 13.2 Å². The van der Waals surface area contributed by atoms with Crippen LogP contribution in [0, 0.1) is 0 Å². The van der Waals surface area contributed by atoms with E-state index < -0.39 is 22.0 Å². The topological polar surface area (TPSA) is 104 Å². The smallest absolute Gasteiger partial charge is 0.327 e. The van der Waals surface area contributed by atoms with Gasteiger partial charge in [-0.05, 0) is 42.6 Å². The average Bonchev–Trinajstić information content (AvgIpc) is 2.72. The normalized spacial score (nSPS) is 12.4. The van der Waals surface area contributed by atoms with Gasteiger partial charge in [-0.15, -0.1) is 0 Å². The molecule has 0 bridgehead atoms. The minimum Gasteiger partial charge on any atom is -0.480 e. The summed E-state index contributed by atoms with van der Waals surface area (Å²) in [5.74, 6) is -1.71. The van der Waals surface area contributed by atoms with E-state index in [1.165, 1.54) is 38.2 Å². The number of sulfonamides is 1. The van der Waals surface area contributed by atoms with E-state index in [0.717, 1.165) is 4.31 Å². The number of carbonyl (C=O) groups excluding carboxylic acids is 1. The number of nitrogens with zero attached hydrogens (tertiary/aromatic N) is 1. The number of nitrogens with one attached hydrogen (secondary N) is 1. The Kier molecular flexibility index (Phi) is 6.45. The third-order valence-electron chi connectivity index (χ3n) is 4.71. The highest BCUT2D eigenvalue weighted by Gasteiger charge is 2.35. The number of hydrogen-bond donors (Lipinski definition) is 2. The van der Waals surface area contributed by atoms with Gasteiger partial charge in [-0.3, -0.25) is 9.10 Å². The molecule has 3 aromatic rings. The molecule has 3 rings (SSSR count). The standard InChI is InChI=1S/C21H18Cl2N2O5S/c1-12(21(27)28)25(31(29,30)15-10-13(22)9-14(23)11-15)19-8-4-5-16-17(19)6-3-7-18(16)20(26)24-2/h3-12H,1-2H3,(H,24,26)(H,27,28). The van der Waals surface area contributed by atoms with Gasteiger partial charge in [0.05, 0.1) is 10.6 Å². The number of anilines is 1. The van der Waals surface area contributed by atoms with Crippen LogP contribution in [0.25, 0.3) is 10.8 Å². The predicted octanol–water partition coefficient (Wildman–Crippen LogP) is 4.17. The van der Waals surface area contributed by atoms with Crippen LogP contribution in [-0.2, 0) is 14.8 Å². The Hall–Kier alpha value is -2.81. The van der Waals surface area contributed by atoms with E-state index in [2.05, 4.69) is 5.32 Å². The first-order valence-corrected chi connectivity index (χ1v) is 11.2. The first-order valence-electron chi connectivity index (χ1n) is 9.05. The Labute approximate surface area is 189 Å². The number of carboxylic acid groups (broad SMARTS) is 1. The quantitative estimate of drug-likeness (QED) is 0.550. The molecule has 0 saturated carbocycles. The molecule has 0 fully saturated rings. The lowest BCUT2D eigenvalue weighted by molar-refractivity contribution is -0.137. The maximum Gasteiger partial charge on any atom is 0.327 e. The Morgan fingerprint density at radius 2 is 1.58 bits per heavy atom. The second-order valence-electron chi connectivity index (χ2n) is 6.68. The van der Waals surface area contributed by atoms with Gasteiger partial charge in [-0.2, -0.15) is 0 Å². The largest absolute Gasteiger partial charge is 0.480 e. The molecule has 0 aromatic heterocycles. The summed E-state index contributed by atoms with van der Waals surface area (Å²) in [7, 11) is -2.91. The molecule has 162 valence electrons. The number of benzene rings is 3. The van der Waals surface area contributed by atoms with Crippen molar-refractivity contribution >= 4 is 61.6 Å². The molecule has 0 heterocycles. The Bertz CT molecular complexity index is 1270. The molecular formula is C21H18Cl2N2O5S. The summed E-state index contributed by atoms with van der Waals surface area (Å²) in [4.78, 5) is 23.9. The van der Waals surface area contributed by atoms with E-state index in [4.69, 9.17) is 23.2 Å². The number of halogens is 2. The van der Waals surface area contributed by atoms with Crippen molar-refractivity contribution in [3.05, 3.63) is 70.2 Å². The molecule has 10 heteroatoms. The molecule has 1 amide bonds. The second kappa shape index (κ2) is 8.74. The fourth-order valence-corrected chi connectivity index (χ4v) is 5.61. The molecule has 0 aliphatic carbocycles. The SMILES string of the molecule is CNC(=O)c1cccc2c(N(C(C)C(=O)O)S(=O)(=O)c3cc(Cl)cc(Cl)c3)cccc12. The molecule has 1 atom stereocenters. The van der Waals surface area contributed by atoms with Crippen molar-refractivity contribution in [1.82, 2.24) is 5.32 Å². The number of carbonyl (C=O) groups is 2. The molecular weight excluding hydrogens is 463 g/mol.